The fraction of sp³-hybridized carbons (Fsp3) is 0.359. The molecule has 0 saturated carbocycles. The fourth-order valence-corrected chi connectivity index (χ4v) is 5.20. The summed E-state index contributed by atoms with van der Waals surface area (Å²) in [5.41, 5.74) is 2.68. The van der Waals surface area contributed by atoms with Crippen LogP contribution >= 0.6 is 0 Å². The van der Waals surface area contributed by atoms with Crippen LogP contribution in [0.4, 0.5) is 0 Å². The zero-order chi connectivity index (χ0) is 34.6. The second-order valence-electron chi connectivity index (χ2n) is 11.6. The molecule has 4 atom stereocenters. The molecular formula is C39H48N2O7. The largest absolute Gasteiger partial charge is 0.489 e. The van der Waals surface area contributed by atoms with E-state index in [1.165, 1.54) is 7.11 Å². The van der Waals surface area contributed by atoms with Gasteiger partial charge in [0, 0.05) is 20.0 Å². The molecule has 0 aliphatic heterocycles. The molecule has 0 heterocycles. The molecule has 3 aromatic rings. The van der Waals surface area contributed by atoms with E-state index >= 15 is 0 Å². The lowest BCUT2D eigenvalue weighted by molar-refractivity contribution is -0.153. The predicted molar refractivity (Wildman–Crippen MR) is 186 cm³/mol. The minimum absolute atomic E-state index is 0.0704. The number of benzene rings is 3. The van der Waals surface area contributed by atoms with Crippen molar-refractivity contribution in [2.24, 2.45) is 5.92 Å². The second-order valence-corrected chi connectivity index (χ2v) is 11.6. The molecule has 0 aliphatic carbocycles. The summed E-state index contributed by atoms with van der Waals surface area (Å²) in [6.45, 7) is 7.71. The first-order valence-electron chi connectivity index (χ1n) is 16.3. The molecule has 48 heavy (non-hydrogen) atoms. The van der Waals surface area contributed by atoms with Crippen LogP contribution < -0.4 is 15.4 Å². The quantitative estimate of drug-likeness (QED) is 0.0727. The molecule has 0 aromatic heterocycles. The molecule has 0 unspecified atom stereocenters. The van der Waals surface area contributed by atoms with Crippen molar-refractivity contribution in [3.63, 3.8) is 0 Å². The van der Waals surface area contributed by atoms with E-state index in [2.05, 4.69) is 23.8 Å². The lowest BCUT2D eigenvalue weighted by Crippen LogP contribution is -2.47. The number of esters is 1. The number of methoxy groups -OCH3 is 1. The monoisotopic (exact) mass is 656 g/mol. The molecule has 0 fully saturated rings. The number of rotatable bonds is 22. The van der Waals surface area contributed by atoms with Gasteiger partial charge in [-0.15, -0.1) is 13.2 Å². The fourth-order valence-electron chi connectivity index (χ4n) is 5.20. The Labute approximate surface area is 284 Å². The molecule has 2 amide bonds. The van der Waals surface area contributed by atoms with Crippen molar-refractivity contribution in [1.29, 1.82) is 0 Å². The summed E-state index contributed by atoms with van der Waals surface area (Å²) in [5, 5.41) is 15.9. The second kappa shape index (κ2) is 21.2. The predicted octanol–water partition coefficient (Wildman–Crippen LogP) is 5.64. The minimum Gasteiger partial charge on any atom is -0.489 e. The zero-order valence-corrected chi connectivity index (χ0v) is 27.7. The van der Waals surface area contributed by atoms with Gasteiger partial charge in [0.25, 0.3) is 0 Å². The van der Waals surface area contributed by atoms with Crippen LogP contribution in [-0.2, 0) is 36.9 Å². The summed E-state index contributed by atoms with van der Waals surface area (Å²) >= 11 is 0. The number of aliphatic hydroxyl groups is 1. The van der Waals surface area contributed by atoms with Crippen LogP contribution in [0.15, 0.2) is 110 Å². The van der Waals surface area contributed by atoms with E-state index in [0.717, 1.165) is 11.1 Å². The highest BCUT2D eigenvalue weighted by Gasteiger charge is 2.31. The van der Waals surface area contributed by atoms with E-state index in [4.69, 9.17) is 14.2 Å². The SMILES string of the molecule is C=CCCCC(=O)O[C@@H](c1ccccc1)[C@H](COC)NC(=O)[C@H](CC=C)CC(=O)N[C@H](CO)Cc1ccc(OCc2ccccc2)cc1. The molecule has 0 bridgehead atoms. The smallest absolute Gasteiger partial charge is 0.306 e. The molecule has 0 radical (unpaired) electrons. The number of carbonyl (C=O) groups is 3. The summed E-state index contributed by atoms with van der Waals surface area (Å²) in [5.74, 6) is -1.21. The molecule has 0 aliphatic rings. The summed E-state index contributed by atoms with van der Waals surface area (Å²) in [4.78, 5) is 39.5. The Morgan fingerprint density at radius 1 is 0.875 bits per heavy atom. The standard InChI is InChI=1S/C39H48N2O7/c1-4-6-9-19-37(44)48-38(31-17-12-8-13-18-31)35(28-46-3)41-39(45)32(14-5-2)25-36(43)40-33(26-42)24-29-20-22-34(23-21-29)47-27-30-15-10-7-11-16-30/h4-5,7-8,10-13,15-18,20-23,32-33,35,38,42H,1-2,6,9,14,19,24-28H2,3H3,(H,40,43)(H,41,45)/t32-,33+,35+,38+/m1/s1. The molecule has 0 saturated heterocycles. The van der Waals surface area contributed by atoms with Gasteiger partial charge in [-0.05, 0) is 54.5 Å². The number of aliphatic hydroxyl groups excluding tert-OH is 1. The molecular weight excluding hydrogens is 608 g/mol. The van der Waals surface area contributed by atoms with E-state index in [1.54, 1.807) is 12.2 Å². The first-order valence-corrected chi connectivity index (χ1v) is 16.3. The van der Waals surface area contributed by atoms with Gasteiger partial charge < -0.3 is 30.0 Å². The van der Waals surface area contributed by atoms with Crippen LogP contribution in [-0.4, -0.2) is 55.3 Å². The van der Waals surface area contributed by atoms with Gasteiger partial charge in [-0.2, -0.15) is 0 Å². The Kier molecular flexibility index (Phi) is 16.7. The molecule has 3 rings (SSSR count). The topological polar surface area (TPSA) is 123 Å². The molecule has 256 valence electrons. The van der Waals surface area contributed by atoms with E-state index in [0.29, 0.717) is 37.2 Å². The van der Waals surface area contributed by atoms with Gasteiger partial charge in [-0.25, -0.2) is 0 Å². The van der Waals surface area contributed by atoms with Crippen LogP contribution in [0.5, 0.6) is 5.75 Å². The number of allylic oxidation sites excluding steroid dienone is 2. The Morgan fingerprint density at radius 3 is 2.19 bits per heavy atom. The minimum atomic E-state index is -0.807. The van der Waals surface area contributed by atoms with Gasteiger partial charge in [0.15, 0.2) is 0 Å². The van der Waals surface area contributed by atoms with Crippen molar-refractivity contribution in [2.45, 2.75) is 63.3 Å². The third-order valence-corrected chi connectivity index (χ3v) is 7.71. The summed E-state index contributed by atoms with van der Waals surface area (Å²) in [7, 11) is 1.50. The van der Waals surface area contributed by atoms with E-state index in [-0.39, 0.29) is 38.4 Å². The highest BCUT2D eigenvalue weighted by atomic mass is 16.5. The number of amides is 2. The van der Waals surface area contributed by atoms with Crippen LogP contribution in [0.25, 0.3) is 0 Å². The Morgan fingerprint density at radius 2 is 1.56 bits per heavy atom. The number of unbranched alkanes of at least 4 members (excludes halogenated alkanes) is 1. The molecule has 9 nitrogen and oxygen atoms in total. The van der Waals surface area contributed by atoms with Crippen LogP contribution in [0.3, 0.4) is 0 Å². The Bertz CT molecular complexity index is 1410. The maximum absolute atomic E-state index is 13.6. The maximum atomic E-state index is 13.6. The lowest BCUT2D eigenvalue weighted by atomic mass is 9.97. The van der Waals surface area contributed by atoms with Gasteiger partial charge in [-0.1, -0.05) is 84.9 Å². The third kappa shape index (κ3) is 13.2. The average molecular weight is 657 g/mol. The highest BCUT2D eigenvalue weighted by Crippen LogP contribution is 2.24. The number of carbonyl (C=O) groups excluding carboxylic acids is 3. The van der Waals surface area contributed by atoms with Crippen LogP contribution in [0.1, 0.15) is 54.9 Å². The number of hydrogen-bond acceptors (Lipinski definition) is 7. The van der Waals surface area contributed by atoms with E-state index in [1.807, 2.05) is 84.9 Å². The lowest BCUT2D eigenvalue weighted by Gasteiger charge is -2.29. The van der Waals surface area contributed by atoms with Crippen LogP contribution in [0, 0.1) is 5.92 Å². The molecule has 0 spiro atoms. The number of hydrogen-bond donors (Lipinski definition) is 3. The average Bonchev–Trinajstić information content (AvgIpc) is 3.10. The van der Waals surface area contributed by atoms with Crippen molar-refractivity contribution >= 4 is 17.8 Å². The Hall–Kier alpha value is -4.73. The summed E-state index contributed by atoms with van der Waals surface area (Å²) in [6.07, 6.45) is 4.53. The van der Waals surface area contributed by atoms with Crippen molar-refractivity contribution in [3.8, 4) is 5.75 Å². The van der Waals surface area contributed by atoms with E-state index in [9.17, 15) is 19.5 Å². The van der Waals surface area contributed by atoms with Gasteiger partial charge in [0.05, 0.1) is 31.2 Å². The first-order chi connectivity index (χ1) is 23.4. The van der Waals surface area contributed by atoms with Gasteiger partial charge in [0.1, 0.15) is 18.5 Å². The van der Waals surface area contributed by atoms with E-state index < -0.39 is 36.0 Å². The van der Waals surface area contributed by atoms with Crippen molar-refractivity contribution in [1.82, 2.24) is 10.6 Å². The van der Waals surface area contributed by atoms with Gasteiger partial charge in [0.2, 0.25) is 11.8 Å². The molecule has 3 N–H and O–H groups in total. The number of ether oxygens (including phenoxy) is 3. The zero-order valence-electron chi connectivity index (χ0n) is 27.7. The third-order valence-electron chi connectivity index (χ3n) is 7.71. The summed E-state index contributed by atoms with van der Waals surface area (Å²) < 4.78 is 17.2. The normalized spacial score (nSPS) is 13.3. The molecule has 3 aromatic carbocycles. The van der Waals surface area contributed by atoms with Crippen molar-refractivity contribution in [2.75, 3.05) is 20.3 Å². The summed E-state index contributed by atoms with van der Waals surface area (Å²) in [6, 6.07) is 25.3. The number of nitrogens with one attached hydrogen (secondary N) is 2. The van der Waals surface area contributed by atoms with Crippen LogP contribution in [0.2, 0.25) is 0 Å². The van der Waals surface area contributed by atoms with Crippen molar-refractivity contribution < 1.29 is 33.7 Å². The maximum Gasteiger partial charge on any atom is 0.306 e. The molecule has 9 heteroatoms. The van der Waals surface area contributed by atoms with Gasteiger partial charge >= 0.3 is 5.97 Å². The Balaban J connectivity index is 1.61. The highest BCUT2D eigenvalue weighted by molar-refractivity contribution is 5.86. The van der Waals surface area contributed by atoms with Crippen molar-refractivity contribution in [3.05, 3.63) is 127 Å². The van der Waals surface area contributed by atoms with Gasteiger partial charge in [-0.3, -0.25) is 14.4 Å². The first kappa shape index (κ1) is 37.7.